The van der Waals surface area contributed by atoms with Crippen molar-refractivity contribution in [3.63, 3.8) is 0 Å². The summed E-state index contributed by atoms with van der Waals surface area (Å²) in [5.74, 6) is 0.196. The van der Waals surface area contributed by atoms with Gasteiger partial charge in [-0.25, -0.2) is 4.79 Å². The number of amides is 1. The van der Waals surface area contributed by atoms with Crippen molar-refractivity contribution in [2.24, 2.45) is 0 Å². The molecule has 0 aromatic heterocycles. The maximum Gasteiger partial charge on any atom is 0.313 e. The Kier molecular flexibility index (Phi) is 8.90. The lowest BCUT2D eigenvalue weighted by Crippen LogP contribution is -2.47. The topological polar surface area (TPSA) is 97.7 Å². The van der Waals surface area contributed by atoms with Crippen LogP contribution in [0.25, 0.3) is 0 Å². The highest BCUT2D eigenvalue weighted by molar-refractivity contribution is 5.68. The molecule has 0 aromatic carbocycles. The van der Waals surface area contributed by atoms with Crippen LogP contribution >= 0.6 is 0 Å². The van der Waals surface area contributed by atoms with Crippen molar-refractivity contribution < 1.29 is 29.4 Å². The van der Waals surface area contributed by atoms with Crippen LogP contribution < -0.4 is 5.11 Å². The van der Waals surface area contributed by atoms with Crippen LogP contribution in [0.5, 0.6) is 0 Å². The zero-order valence-electron chi connectivity index (χ0n) is 9.39. The van der Waals surface area contributed by atoms with E-state index in [-0.39, 0.29) is 12.5 Å². The van der Waals surface area contributed by atoms with Gasteiger partial charge in [-0.2, -0.15) is 0 Å². The first-order chi connectivity index (χ1) is 6.77. The highest BCUT2D eigenvalue weighted by Crippen LogP contribution is 2.02. The van der Waals surface area contributed by atoms with E-state index in [1.807, 2.05) is 21.0 Å². The normalized spacial score (nSPS) is 10.1. The number of hydrogen-bond donors (Lipinski definition) is 2. The van der Waals surface area contributed by atoms with Crippen molar-refractivity contribution in [1.29, 1.82) is 0 Å². The average Bonchev–Trinajstić information content (AvgIpc) is 2.03. The van der Waals surface area contributed by atoms with E-state index in [1.54, 1.807) is 0 Å². The first-order valence-electron chi connectivity index (χ1n) is 4.65. The SMILES string of the molecule is CCCC(=O)[N+](C)(C)CCO.O=C([O-])O. The van der Waals surface area contributed by atoms with Crippen LogP contribution in [0.1, 0.15) is 19.8 Å². The molecule has 0 heterocycles. The van der Waals surface area contributed by atoms with Gasteiger partial charge in [-0.3, -0.25) is 4.48 Å². The largest absolute Gasteiger partial charge is 0.565 e. The van der Waals surface area contributed by atoms with Crippen LogP contribution in [0, 0.1) is 0 Å². The van der Waals surface area contributed by atoms with Gasteiger partial charge >= 0.3 is 5.91 Å². The molecule has 15 heavy (non-hydrogen) atoms. The van der Waals surface area contributed by atoms with Gasteiger partial charge in [0.15, 0.2) is 0 Å². The molecule has 90 valence electrons. The van der Waals surface area contributed by atoms with Crippen molar-refractivity contribution in [2.45, 2.75) is 19.8 Å². The van der Waals surface area contributed by atoms with Crippen LogP contribution in [0.15, 0.2) is 0 Å². The zero-order valence-corrected chi connectivity index (χ0v) is 9.39. The van der Waals surface area contributed by atoms with E-state index in [0.29, 0.717) is 17.4 Å². The number of likely N-dealkylation sites (N-methyl/N-ethyl adjacent to an activating group) is 1. The van der Waals surface area contributed by atoms with Gasteiger partial charge in [0.05, 0.1) is 27.1 Å². The molecule has 0 aliphatic rings. The summed E-state index contributed by atoms with van der Waals surface area (Å²) in [6, 6.07) is 0. The average molecular weight is 221 g/mol. The molecule has 0 saturated carbocycles. The molecule has 0 atom stereocenters. The van der Waals surface area contributed by atoms with Gasteiger partial charge in [0.25, 0.3) is 0 Å². The standard InChI is InChI=1S/C8H18NO2.CH2O3/c1-4-5-8(11)9(2,3)6-7-10;2-1(3)4/h10H,4-7H2,1-3H3;(H2,2,3,4)/q+1;/p-1. The van der Waals surface area contributed by atoms with Crippen LogP contribution in [-0.2, 0) is 4.79 Å². The smallest absolute Gasteiger partial charge is 0.313 e. The highest BCUT2D eigenvalue weighted by atomic mass is 16.6. The molecule has 0 aliphatic carbocycles. The maximum absolute atomic E-state index is 11.3. The van der Waals surface area contributed by atoms with Crippen molar-refractivity contribution in [3.8, 4) is 0 Å². The lowest BCUT2D eigenvalue weighted by molar-refractivity contribution is -0.814. The van der Waals surface area contributed by atoms with Crippen LogP contribution in [0.3, 0.4) is 0 Å². The molecule has 0 bridgehead atoms. The van der Waals surface area contributed by atoms with E-state index in [2.05, 4.69) is 0 Å². The number of carbonyl (C=O) groups is 2. The predicted molar refractivity (Wildman–Crippen MR) is 52.0 cm³/mol. The molecule has 0 rings (SSSR count). The first kappa shape index (κ1) is 16.3. The number of hydrogen-bond acceptors (Lipinski definition) is 4. The molecule has 0 radical (unpaired) electrons. The first-order valence-corrected chi connectivity index (χ1v) is 4.65. The summed E-state index contributed by atoms with van der Waals surface area (Å²) in [6.45, 7) is 2.57. The van der Waals surface area contributed by atoms with Crippen molar-refractivity contribution >= 4 is 12.1 Å². The Hall–Kier alpha value is -1.14. The van der Waals surface area contributed by atoms with Gasteiger partial charge in [-0.15, -0.1) is 0 Å². The number of carboxylic acid groups (broad SMARTS) is 2. The van der Waals surface area contributed by atoms with Crippen LogP contribution in [-0.4, -0.2) is 54.0 Å². The summed E-state index contributed by atoms with van der Waals surface area (Å²) >= 11 is 0. The maximum atomic E-state index is 11.3. The quantitative estimate of drug-likeness (QED) is 0.610. The second-order valence-electron chi connectivity index (χ2n) is 3.54. The summed E-state index contributed by atoms with van der Waals surface area (Å²) < 4.78 is 0.296. The monoisotopic (exact) mass is 221 g/mol. The minimum atomic E-state index is -2.08. The molecule has 0 aromatic rings. The number of nitrogens with zero attached hydrogens (tertiary/aromatic N) is 1. The van der Waals surface area contributed by atoms with Gasteiger partial charge in [-0.05, 0) is 6.42 Å². The Labute approximate surface area is 89.3 Å². The van der Waals surface area contributed by atoms with Gasteiger partial charge in [0.2, 0.25) is 6.16 Å². The van der Waals surface area contributed by atoms with E-state index < -0.39 is 6.16 Å². The summed E-state index contributed by atoms with van der Waals surface area (Å²) in [6.07, 6.45) is -0.598. The summed E-state index contributed by atoms with van der Waals surface area (Å²) in [4.78, 5) is 19.8. The lowest BCUT2D eigenvalue weighted by atomic mass is 10.3. The third-order valence-electron chi connectivity index (χ3n) is 1.80. The molecule has 0 aliphatic heterocycles. The minimum absolute atomic E-state index is 0.0719. The summed E-state index contributed by atoms with van der Waals surface area (Å²) in [5, 5.41) is 24.0. The number of aliphatic hydroxyl groups excluding tert-OH is 1. The molecule has 0 unspecified atom stereocenters. The fraction of sp³-hybridized carbons (Fsp3) is 0.778. The second kappa shape index (κ2) is 8.19. The van der Waals surface area contributed by atoms with Gasteiger partial charge in [0, 0.05) is 0 Å². The molecule has 0 spiro atoms. The molecule has 2 N–H and O–H groups in total. The van der Waals surface area contributed by atoms with Crippen molar-refractivity contribution in [3.05, 3.63) is 0 Å². The predicted octanol–water partition coefficient (Wildman–Crippen LogP) is -0.730. The molecule has 1 amide bonds. The summed E-state index contributed by atoms with van der Waals surface area (Å²) in [7, 11) is 3.66. The van der Waals surface area contributed by atoms with E-state index in [0.717, 1.165) is 6.42 Å². The number of quaternary nitrogens is 1. The Balaban J connectivity index is 0. The highest BCUT2D eigenvalue weighted by Gasteiger charge is 2.23. The second-order valence-corrected chi connectivity index (χ2v) is 3.54. The Morgan fingerprint density at radius 1 is 1.33 bits per heavy atom. The minimum Gasteiger partial charge on any atom is -0.565 e. The van der Waals surface area contributed by atoms with E-state index in [9.17, 15) is 4.79 Å². The van der Waals surface area contributed by atoms with Gasteiger partial charge < -0.3 is 20.1 Å². The van der Waals surface area contributed by atoms with E-state index >= 15 is 0 Å². The molecule has 0 saturated heterocycles. The summed E-state index contributed by atoms with van der Waals surface area (Å²) in [5.41, 5.74) is 0. The lowest BCUT2D eigenvalue weighted by Gasteiger charge is -2.25. The number of aliphatic hydroxyl groups is 1. The zero-order chi connectivity index (χ0) is 12.5. The molecular weight excluding hydrogens is 202 g/mol. The third kappa shape index (κ3) is 10.8. The van der Waals surface area contributed by atoms with Gasteiger partial charge in [0.1, 0.15) is 6.54 Å². The van der Waals surface area contributed by atoms with Crippen molar-refractivity contribution in [2.75, 3.05) is 27.2 Å². The Morgan fingerprint density at radius 3 is 2.00 bits per heavy atom. The molecular formula is C9H19NO5. The fourth-order valence-corrected chi connectivity index (χ4v) is 0.891. The Morgan fingerprint density at radius 2 is 1.73 bits per heavy atom. The van der Waals surface area contributed by atoms with Gasteiger partial charge in [-0.1, -0.05) is 6.92 Å². The van der Waals surface area contributed by atoms with E-state index in [1.165, 1.54) is 0 Å². The Bertz CT molecular complexity index is 199. The van der Waals surface area contributed by atoms with Crippen LogP contribution in [0.2, 0.25) is 0 Å². The number of rotatable bonds is 4. The van der Waals surface area contributed by atoms with Crippen molar-refractivity contribution in [1.82, 2.24) is 0 Å². The number of carbonyl (C=O) groups excluding carboxylic acids is 1. The van der Waals surface area contributed by atoms with Crippen LogP contribution in [0.4, 0.5) is 4.79 Å². The fourth-order valence-electron chi connectivity index (χ4n) is 0.891. The molecule has 6 nitrogen and oxygen atoms in total. The molecule has 0 fully saturated rings. The third-order valence-corrected chi connectivity index (χ3v) is 1.80. The molecule has 6 heteroatoms. The van der Waals surface area contributed by atoms with E-state index in [4.69, 9.17) is 20.1 Å².